The predicted molar refractivity (Wildman–Crippen MR) is 84.9 cm³/mol. The molecule has 0 saturated carbocycles. The van der Waals surface area contributed by atoms with Crippen molar-refractivity contribution in [1.82, 2.24) is 15.0 Å². The van der Waals surface area contributed by atoms with Gasteiger partial charge in [-0.2, -0.15) is 0 Å². The number of hydrogen-bond donors (Lipinski definition) is 1. The topological polar surface area (TPSA) is 61.6 Å². The quantitative estimate of drug-likeness (QED) is 0.871. The van der Waals surface area contributed by atoms with Crippen LogP contribution in [0.15, 0.2) is 16.7 Å². The number of urea groups is 1. The molecule has 3 heterocycles. The summed E-state index contributed by atoms with van der Waals surface area (Å²) >= 11 is 0. The second kappa shape index (κ2) is 6.52. The Labute approximate surface area is 131 Å². The Kier molecular flexibility index (Phi) is 4.47. The van der Waals surface area contributed by atoms with Crippen molar-refractivity contribution in [2.45, 2.75) is 39.2 Å². The lowest BCUT2D eigenvalue weighted by atomic mass is 10.0. The second-order valence-electron chi connectivity index (χ2n) is 5.99. The van der Waals surface area contributed by atoms with E-state index in [1.165, 1.54) is 0 Å². The molecule has 0 atom stereocenters. The molecule has 0 bridgehead atoms. The van der Waals surface area contributed by atoms with E-state index in [9.17, 15) is 4.79 Å². The van der Waals surface area contributed by atoms with Crippen LogP contribution in [0.1, 0.15) is 31.2 Å². The molecule has 3 rings (SSSR count). The Bertz CT molecular complexity index is 550. The number of nitrogens with zero attached hydrogens (tertiary/aromatic N) is 3. The van der Waals surface area contributed by atoms with E-state index in [0.29, 0.717) is 6.04 Å². The largest absolute Gasteiger partial charge is 0.359 e. The Balaban J connectivity index is 1.54. The van der Waals surface area contributed by atoms with E-state index in [1.807, 2.05) is 18.7 Å². The summed E-state index contributed by atoms with van der Waals surface area (Å²) in [5, 5.41) is 6.90. The van der Waals surface area contributed by atoms with Gasteiger partial charge in [-0.1, -0.05) is 24.2 Å². The maximum Gasteiger partial charge on any atom is 0.321 e. The molecular weight excluding hydrogens is 280 g/mol. The van der Waals surface area contributed by atoms with E-state index in [-0.39, 0.29) is 6.03 Å². The van der Waals surface area contributed by atoms with Gasteiger partial charge in [0.05, 0.1) is 0 Å². The van der Waals surface area contributed by atoms with Gasteiger partial charge in [-0.3, -0.25) is 4.90 Å². The van der Waals surface area contributed by atoms with E-state index < -0.39 is 0 Å². The summed E-state index contributed by atoms with van der Waals surface area (Å²) in [6.45, 7) is 7.56. The normalized spacial score (nSPS) is 19.8. The van der Waals surface area contributed by atoms with Gasteiger partial charge in [0.15, 0.2) is 5.76 Å². The van der Waals surface area contributed by atoms with Crippen molar-refractivity contribution in [1.29, 1.82) is 0 Å². The molecule has 0 aromatic carbocycles. The molecule has 120 valence electrons. The van der Waals surface area contributed by atoms with Gasteiger partial charge in [0, 0.05) is 38.6 Å². The van der Waals surface area contributed by atoms with Crippen LogP contribution in [0, 0.1) is 6.92 Å². The van der Waals surface area contributed by atoms with Crippen LogP contribution >= 0.6 is 0 Å². The average Bonchev–Trinajstić information content (AvgIpc) is 3.18. The molecule has 2 aliphatic rings. The highest BCUT2D eigenvalue weighted by Gasteiger charge is 2.27. The Morgan fingerprint density at radius 2 is 2.05 bits per heavy atom. The SMILES string of the molecule is CCc1onc(C)c1NC(=O)N1CCC(N2CC=CC2)CC1. The summed E-state index contributed by atoms with van der Waals surface area (Å²) in [6.07, 6.45) is 7.25. The number of carbonyl (C=O) groups excluding carboxylic acids is 1. The number of carbonyl (C=O) groups is 1. The maximum absolute atomic E-state index is 12.4. The van der Waals surface area contributed by atoms with Crippen molar-refractivity contribution in [3.05, 3.63) is 23.6 Å². The Morgan fingerprint density at radius 1 is 1.36 bits per heavy atom. The summed E-state index contributed by atoms with van der Waals surface area (Å²) in [4.78, 5) is 16.8. The summed E-state index contributed by atoms with van der Waals surface area (Å²) in [5.41, 5.74) is 1.47. The molecular formula is C16H24N4O2. The summed E-state index contributed by atoms with van der Waals surface area (Å²) < 4.78 is 5.22. The fourth-order valence-corrected chi connectivity index (χ4v) is 3.23. The highest BCUT2D eigenvalue weighted by Crippen LogP contribution is 2.23. The second-order valence-corrected chi connectivity index (χ2v) is 5.99. The molecule has 22 heavy (non-hydrogen) atoms. The first-order chi connectivity index (χ1) is 10.7. The molecule has 1 fully saturated rings. The molecule has 2 amide bonds. The molecule has 2 aliphatic heterocycles. The van der Waals surface area contributed by atoms with Gasteiger partial charge >= 0.3 is 6.03 Å². The first kappa shape index (κ1) is 15.1. The van der Waals surface area contributed by atoms with Gasteiger partial charge in [0.25, 0.3) is 0 Å². The standard InChI is InChI=1S/C16H24N4O2/c1-3-14-15(12(2)18-22-14)17-16(21)20-10-6-13(7-11-20)19-8-4-5-9-19/h4-5,13H,3,6-11H2,1-2H3,(H,17,21). The van der Waals surface area contributed by atoms with Crippen LogP contribution in [0.5, 0.6) is 0 Å². The highest BCUT2D eigenvalue weighted by molar-refractivity contribution is 5.90. The van der Waals surface area contributed by atoms with Gasteiger partial charge in [0.2, 0.25) is 0 Å². The van der Waals surface area contributed by atoms with Gasteiger partial charge < -0.3 is 14.7 Å². The molecule has 0 spiro atoms. The molecule has 6 heteroatoms. The van der Waals surface area contributed by atoms with Crippen LogP contribution in [-0.4, -0.2) is 53.2 Å². The first-order valence-electron chi connectivity index (χ1n) is 8.09. The molecule has 1 aromatic rings. The van der Waals surface area contributed by atoms with Gasteiger partial charge in [-0.15, -0.1) is 0 Å². The average molecular weight is 304 g/mol. The number of piperidine rings is 1. The number of likely N-dealkylation sites (tertiary alicyclic amines) is 1. The monoisotopic (exact) mass is 304 g/mol. The fraction of sp³-hybridized carbons (Fsp3) is 0.625. The number of amides is 2. The number of aromatic nitrogens is 1. The Hall–Kier alpha value is -1.82. The molecule has 1 aromatic heterocycles. The van der Waals surface area contributed by atoms with Crippen LogP contribution in [0.4, 0.5) is 10.5 Å². The number of aryl methyl sites for hydroxylation is 2. The van der Waals surface area contributed by atoms with Crippen LogP contribution in [0.25, 0.3) is 0 Å². The third-order valence-corrected chi connectivity index (χ3v) is 4.60. The summed E-state index contributed by atoms with van der Waals surface area (Å²) in [7, 11) is 0. The molecule has 6 nitrogen and oxygen atoms in total. The lowest BCUT2D eigenvalue weighted by Crippen LogP contribution is -2.47. The van der Waals surface area contributed by atoms with E-state index in [2.05, 4.69) is 27.5 Å². The number of anilines is 1. The lowest BCUT2D eigenvalue weighted by Gasteiger charge is -2.36. The minimum absolute atomic E-state index is 0.0426. The fourth-order valence-electron chi connectivity index (χ4n) is 3.23. The minimum Gasteiger partial charge on any atom is -0.359 e. The zero-order valence-corrected chi connectivity index (χ0v) is 13.3. The minimum atomic E-state index is -0.0426. The molecule has 1 saturated heterocycles. The smallest absolute Gasteiger partial charge is 0.321 e. The Morgan fingerprint density at radius 3 is 2.68 bits per heavy atom. The van der Waals surface area contributed by atoms with E-state index in [1.54, 1.807) is 0 Å². The van der Waals surface area contributed by atoms with E-state index >= 15 is 0 Å². The molecule has 1 N–H and O–H groups in total. The number of hydrogen-bond acceptors (Lipinski definition) is 4. The molecule has 0 unspecified atom stereocenters. The number of nitrogens with one attached hydrogen (secondary N) is 1. The van der Waals surface area contributed by atoms with E-state index in [0.717, 1.165) is 62.6 Å². The van der Waals surface area contributed by atoms with E-state index in [4.69, 9.17) is 4.52 Å². The highest BCUT2D eigenvalue weighted by atomic mass is 16.5. The zero-order valence-electron chi connectivity index (χ0n) is 13.3. The van der Waals surface area contributed by atoms with Crippen LogP contribution in [-0.2, 0) is 6.42 Å². The van der Waals surface area contributed by atoms with Gasteiger partial charge in [0.1, 0.15) is 11.4 Å². The third kappa shape index (κ3) is 3.02. The van der Waals surface area contributed by atoms with Gasteiger partial charge in [-0.05, 0) is 19.8 Å². The van der Waals surface area contributed by atoms with Crippen molar-refractivity contribution in [3.8, 4) is 0 Å². The molecule has 0 radical (unpaired) electrons. The number of rotatable bonds is 3. The maximum atomic E-state index is 12.4. The van der Waals surface area contributed by atoms with Gasteiger partial charge in [-0.25, -0.2) is 4.79 Å². The van der Waals surface area contributed by atoms with Crippen molar-refractivity contribution in [2.75, 3.05) is 31.5 Å². The van der Waals surface area contributed by atoms with Crippen LogP contribution < -0.4 is 5.32 Å². The lowest BCUT2D eigenvalue weighted by molar-refractivity contribution is 0.144. The zero-order chi connectivity index (χ0) is 15.5. The van der Waals surface area contributed by atoms with Crippen molar-refractivity contribution >= 4 is 11.7 Å². The molecule has 0 aliphatic carbocycles. The van der Waals surface area contributed by atoms with Crippen molar-refractivity contribution in [2.24, 2.45) is 0 Å². The summed E-state index contributed by atoms with van der Waals surface area (Å²) in [5.74, 6) is 0.740. The predicted octanol–water partition coefficient (Wildman–Crippen LogP) is 2.41. The first-order valence-corrected chi connectivity index (χ1v) is 8.09. The van der Waals surface area contributed by atoms with Crippen LogP contribution in [0.2, 0.25) is 0 Å². The summed E-state index contributed by atoms with van der Waals surface area (Å²) in [6, 6.07) is 0.557. The van der Waals surface area contributed by atoms with Crippen molar-refractivity contribution < 1.29 is 9.32 Å². The van der Waals surface area contributed by atoms with Crippen molar-refractivity contribution in [3.63, 3.8) is 0 Å². The van der Waals surface area contributed by atoms with Crippen LogP contribution in [0.3, 0.4) is 0 Å². The third-order valence-electron chi connectivity index (χ3n) is 4.60.